The Bertz CT molecular complexity index is 519. The minimum atomic E-state index is -4.65. The zero-order valence-corrected chi connectivity index (χ0v) is 9.23. The van der Waals surface area contributed by atoms with E-state index in [1.165, 1.54) is 0 Å². The van der Waals surface area contributed by atoms with Crippen molar-refractivity contribution in [3.05, 3.63) is 34.2 Å². The number of aliphatic hydroxyl groups is 1. The molecule has 18 heavy (non-hydrogen) atoms. The van der Waals surface area contributed by atoms with E-state index >= 15 is 0 Å². The van der Waals surface area contributed by atoms with E-state index in [-0.39, 0.29) is 0 Å². The molecule has 1 heterocycles. The smallest absolute Gasteiger partial charge is 0.417 e. The van der Waals surface area contributed by atoms with Crippen LogP contribution >= 0.6 is 0 Å². The molecule has 0 bridgehead atoms. The van der Waals surface area contributed by atoms with Gasteiger partial charge in [0, 0.05) is 12.3 Å². The Hall–Kier alpha value is -1.83. The molecule has 0 aliphatic heterocycles. The zero-order chi connectivity index (χ0) is 14.1. The van der Waals surface area contributed by atoms with E-state index in [1.807, 2.05) is 0 Å². The van der Waals surface area contributed by atoms with E-state index in [0.29, 0.717) is 22.9 Å². The van der Waals surface area contributed by atoms with Crippen molar-refractivity contribution in [3.8, 4) is 0 Å². The standard InChI is InChI=1S/C10H10F3NO4/c1-9(18,8(16)17)5-14-4-6(10(11,12)13)2-3-7(14)15/h2-4,18H,5H2,1H3,(H,16,17)/t9-/m1/s1. The Kier molecular flexibility index (Phi) is 3.52. The van der Waals surface area contributed by atoms with Crippen molar-refractivity contribution < 1.29 is 28.2 Å². The topological polar surface area (TPSA) is 79.5 Å². The second-order valence-corrected chi connectivity index (χ2v) is 3.96. The summed E-state index contributed by atoms with van der Waals surface area (Å²) < 4.78 is 37.7. The van der Waals surface area contributed by atoms with Crippen LogP contribution in [0.1, 0.15) is 12.5 Å². The average molecular weight is 265 g/mol. The number of halogens is 3. The van der Waals surface area contributed by atoms with Gasteiger partial charge in [-0.2, -0.15) is 13.2 Å². The number of aromatic nitrogens is 1. The summed E-state index contributed by atoms with van der Waals surface area (Å²) >= 11 is 0. The van der Waals surface area contributed by atoms with Crippen LogP contribution < -0.4 is 5.56 Å². The fourth-order valence-electron chi connectivity index (χ4n) is 1.22. The maximum atomic E-state index is 12.4. The molecule has 1 aromatic heterocycles. The van der Waals surface area contributed by atoms with Gasteiger partial charge in [0.15, 0.2) is 5.60 Å². The van der Waals surface area contributed by atoms with Gasteiger partial charge in [0.05, 0.1) is 12.1 Å². The molecule has 5 nitrogen and oxygen atoms in total. The molecule has 1 rings (SSSR count). The van der Waals surface area contributed by atoms with Crippen molar-refractivity contribution in [1.82, 2.24) is 4.57 Å². The van der Waals surface area contributed by atoms with Crippen LogP contribution in [0, 0.1) is 0 Å². The van der Waals surface area contributed by atoms with E-state index < -0.39 is 35.4 Å². The number of hydrogen-bond donors (Lipinski definition) is 2. The predicted octanol–water partition coefficient (Wildman–Crippen LogP) is 0.703. The third-order valence-electron chi connectivity index (χ3n) is 2.25. The molecule has 100 valence electrons. The number of nitrogens with zero attached hydrogens (tertiary/aromatic N) is 1. The second kappa shape index (κ2) is 4.45. The molecule has 0 saturated heterocycles. The summed E-state index contributed by atoms with van der Waals surface area (Å²) in [5.74, 6) is -1.63. The fraction of sp³-hybridized carbons (Fsp3) is 0.400. The van der Waals surface area contributed by atoms with Gasteiger partial charge in [-0.05, 0) is 13.0 Å². The highest BCUT2D eigenvalue weighted by molar-refractivity contribution is 5.76. The van der Waals surface area contributed by atoms with Gasteiger partial charge in [-0.1, -0.05) is 0 Å². The van der Waals surface area contributed by atoms with Crippen LogP contribution in [0.25, 0.3) is 0 Å². The normalized spacial score (nSPS) is 15.2. The molecule has 0 saturated carbocycles. The molecule has 2 N–H and O–H groups in total. The third-order valence-corrected chi connectivity index (χ3v) is 2.25. The summed E-state index contributed by atoms with van der Waals surface area (Å²) in [7, 11) is 0. The number of hydrogen-bond acceptors (Lipinski definition) is 3. The van der Waals surface area contributed by atoms with Crippen LogP contribution in [-0.2, 0) is 17.5 Å². The van der Waals surface area contributed by atoms with Gasteiger partial charge in [-0.25, -0.2) is 4.79 Å². The highest BCUT2D eigenvalue weighted by atomic mass is 19.4. The van der Waals surface area contributed by atoms with E-state index in [9.17, 15) is 27.9 Å². The summed E-state index contributed by atoms with van der Waals surface area (Å²) in [6, 6.07) is 1.26. The summed E-state index contributed by atoms with van der Waals surface area (Å²) in [5, 5.41) is 18.1. The maximum Gasteiger partial charge on any atom is 0.417 e. The van der Waals surface area contributed by atoms with Crippen molar-refractivity contribution in [1.29, 1.82) is 0 Å². The molecule has 1 atom stereocenters. The lowest BCUT2D eigenvalue weighted by Gasteiger charge is -2.19. The van der Waals surface area contributed by atoms with Gasteiger partial charge in [0.25, 0.3) is 5.56 Å². The van der Waals surface area contributed by atoms with Crippen LogP contribution in [0.15, 0.2) is 23.1 Å². The summed E-state index contributed by atoms with van der Waals surface area (Å²) in [6.45, 7) is 0.118. The molecule has 0 aromatic carbocycles. The maximum absolute atomic E-state index is 12.4. The molecule has 0 amide bonds. The van der Waals surface area contributed by atoms with E-state index in [2.05, 4.69) is 0 Å². The van der Waals surface area contributed by atoms with Crippen molar-refractivity contribution in [2.24, 2.45) is 0 Å². The van der Waals surface area contributed by atoms with Crippen molar-refractivity contribution in [3.63, 3.8) is 0 Å². The van der Waals surface area contributed by atoms with Crippen LogP contribution in [0.2, 0.25) is 0 Å². The first kappa shape index (κ1) is 14.2. The number of carboxylic acids is 1. The van der Waals surface area contributed by atoms with E-state index in [4.69, 9.17) is 5.11 Å². The summed E-state index contributed by atoms with van der Waals surface area (Å²) in [5.41, 5.74) is -4.25. The van der Waals surface area contributed by atoms with Gasteiger partial charge >= 0.3 is 12.1 Å². The van der Waals surface area contributed by atoms with Gasteiger partial charge < -0.3 is 14.8 Å². The monoisotopic (exact) mass is 265 g/mol. The van der Waals surface area contributed by atoms with Crippen molar-refractivity contribution in [2.45, 2.75) is 25.2 Å². The van der Waals surface area contributed by atoms with Crippen LogP contribution in [0.3, 0.4) is 0 Å². The van der Waals surface area contributed by atoms with Crippen molar-refractivity contribution in [2.75, 3.05) is 0 Å². The molecule has 8 heteroatoms. The Morgan fingerprint density at radius 2 is 1.94 bits per heavy atom. The molecule has 0 fully saturated rings. The quantitative estimate of drug-likeness (QED) is 0.843. The molecular formula is C10H10F3NO4. The van der Waals surface area contributed by atoms with Crippen LogP contribution in [0.4, 0.5) is 13.2 Å². The van der Waals surface area contributed by atoms with Gasteiger partial charge in [0.2, 0.25) is 0 Å². The number of pyridine rings is 1. The lowest BCUT2D eigenvalue weighted by molar-refractivity contribution is -0.158. The Balaban J connectivity index is 3.18. The highest BCUT2D eigenvalue weighted by Crippen LogP contribution is 2.28. The first-order valence-electron chi connectivity index (χ1n) is 4.77. The summed E-state index contributed by atoms with van der Waals surface area (Å²) in [4.78, 5) is 21.9. The molecular weight excluding hydrogens is 255 g/mol. The fourth-order valence-corrected chi connectivity index (χ4v) is 1.22. The number of carboxylic acid groups (broad SMARTS) is 1. The number of alkyl halides is 3. The second-order valence-electron chi connectivity index (χ2n) is 3.96. The Labute approximate surface area is 99.1 Å². The average Bonchev–Trinajstić information content (AvgIpc) is 2.19. The van der Waals surface area contributed by atoms with Gasteiger partial charge in [-0.3, -0.25) is 4.79 Å². The Morgan fingerprint density at radius 1 is 1.39 bits per heavy atom. The number of carbonyl (C=O) groups is 1. The highest BCUT2D eigenvalue weighted by Gasteiger charge is 2.34. The molecule has 0 unspecified atom stereocenters. The van der Waals surface area contributed by atoms with Gasteiger partial charge in [0.1, 0.15) is 0 Å². The summed E-state index contributed by atoms with van der Waals surface area (Å²) in [6.07, 6.45) is -4.18. The Morgan fingerprint density at radius 3 is 2.39 bits per heavy atom. The van der Waals surface area contributed by atoms with E-state index in [0.717, 1.165) is 6.92 Å². The minimum Gasteiger partial charge on any atom is -0.479 e. The first-order valence-corrected chi connectivity index (χ1v) is 4.77. The van der Waals surface area contributed by atoms with Gasteiger partial charge in [-0.15, -0.1) is 0 Å². The molecule has 0 radical (unpaired) electrons. The largest absolute Gasteiger partial charge is 0.479 e. The lowest BCUT2D eigenvalue weighted by atomic mass is 10.1. The number of aliphatic carboxylic acids is 1. The zero-order valence-electron chi connectivity index (χ0n) is 9.23. The lowest BCUT2D eigenvalue weighted by Crippen LogP contribution is -2.42. The molecule has 0 aliphatic rings. The van der Waals surface area contributed by atoms with E-state index in [1.54, 1.807) is 0 Å². The molecule has 0 spiro atoms. The number of rotatable bonds is 3. The molecule has 1 aromatic rings. The molecule has 0 aliphatic carbocycles. The minimum absolute atomic E-state index is 0.472. The van der Waals surface area contributed by atoms with Crippen LogP contribution in [-0.4, -0.2) is 26.4 Å². The van der Waals surface area contributed by atoms with Crippen LogP contribution in [0.5, 0.6) is 0 Å². The predicted molar refractivity (Wildman–Crippen MR) is 54.0 cm³/mol. The third kappa shape index (κ3) is 3.10. The van der Waals surface area contributed by atoms with Crippen molar-refractivity contribution >= 4 is 5.97 Å². The first-order chi connectivity index (χ1) is 8.04. The SMILES string of the molecule is C[C@@](O)(Cn1cc(C(F)(F)F)ccc1=O)C(=O)O.